The second-order valence-corrected chi connectivity index (χ2v) is 2.07. The van der Waals surface area contributed by atoms with Gasteiger partial charge < -0.3 is 11.5 Å². The predicted octanol–water partition coefficient (Wildman–Crippen LogP) is -0.344. The first-order valence-corrected chi connectivity index (χ1v) is 3.29. The summed E-state index contributed by atoms with van der Waals surface area (Å²) < 4.78 is 0. The molecule has 5 N–H and O–H groups in total. The van der Waals surface area contributed by atoms with Crippen LogP contribution in [0, 0.1) is 0 Å². The van der Waals surface area contributed by atoms with Crippen molar-refractivity contribution in [3.8, 4) is 0 Å². The highest BCUT2D eigenvalue weighted by molar-refractivity contribution is 5.66. The van der Waals surface area contributed by atoms with Gasteiger partial charge in [-0.1, -0.05) is 0 Å². The predicted molar refractivity (Wildman–Crippen MR) is 47.5 cm³/mol. The lowest BCUT2D eigenvalue weighted by atomic mass is 10.5. The second kappa shape index (κ2) is 3.04. The Morgan fingerprint density at radius 3 is 2.75 bits per heavy atom. The molecule has 0 aromatic carbocycles. The summed E-state index contributed by atoms with van der Waals surface area (Å²) in [5, 5.41) is 0. The Balaban J connectivity index is 3.38. The molecule has 0 bridgehead atoms. The van der Waals surface area contributed by atoms with Crippen molar-refractivity contribution in [1.82, 2.24) is 9.97 Å². The lowest BCUT2D eigenvalue weighted by Crippen LogP contribution is -2.13. The number of nitrogens with two attached hydrogens (primary N) is 2. The van der Waals surface area contributed by atoms with Crippen molar-refractivity contribution in [3.05, 3.63) is 10.4 Å². The van der Waals surface area contributed by atoms with Crippen LogP contribution in [0.3, 0.4) is 0 Å². The second-order valence-electron chi connectivity index (χ2n) is 2.07. The van der Waals surface area contributed by atoms with Crippen molar-refractivity contribution >= 4 is 23.7 Å². The lowest BCUT2D eigenvalue weighted by molar-refractivity contribution is 1.14. The van der Waals surface area contributed by atoms with Crippen LogP contribution in [0.25, 0.3) is 0 Å². The minimum absolute atomic E-state index is 0.00690. The zero-order chi connectivity index (χ0) is 9.14. The van der Waals surface area contributed by atoms with Crippen LogP contribution < -0.4 is 17.0 Å². The smallest absolute Gasteiger partial charge is 0.280 e. The number of nitrogens with one attached hydrogen (secondary N) is 1. The number of H-pyrrole nitrogens is 1. The third kappa shape index (κ3) is 1.42. The van der Waals surface area contributed by atoms with Gasteiger partial charge in [0.05, 0.1) is 0 Å². The molecule has 0 saturated carbocycles. The van der Waals surface area contributed by atoms with Crippen LogP contribution >= 0.6 is 0 Å². The molecule has 0 fully saturated rings. The van der Waals surface area contributed by atoms with Gasteiger partial charge >= 0.3 is 0 Å². The van der Waals surface area contributed by atoms with Gasteiger partial charge in [-0.2, -0.15) is 4.98 Å². The minimum Gasteiger partial charge on any atom is -0.382 e. The van der Waals surface area contributed by atoms with Gasteiger partial charge in [0, 0.05) is 6.21 Å². The molecule has 1 heterocycles. The summed E-state index contributed by atoms with van der Waals surface area (Å²) in [6.45, 7) is 1.68. The monoisotopic (exact) mass is 167 g/mol. The summed E-state index contributed by atoms with van der Waals surface area (Å²) in [5.41, 5.74) is 10.3. The molecule has 0 amide bonds. The first-order valence-electron chi connectivity index (χ1n) is 3.29. The quantitative estimate of drug-likeness (QED) is 0.496. The van der Waals surface area contributed by atoms with Crippen LogP contribution in [0.4, 0.5) is 17.5 Å². The molecule has 1 aromatic heterocycles. The topological polar surface area (TPSA) is 110 Å². The number of aromatic nitrogens is 2. The van der Waals surface area contributed by atoms with Crippen LogP contribution in [0.2, 0.25) is 0 Å². The van der Waals surface area contributed by atoms with Gasteiger partial charge in [-0.3, -0.25) is 14.8 Å². The van der Waals surface area contributed by atoms with E-state index in [4.69, 9.17) is 11.5 Å². The van der Waals surface area contributed by atoms with Crippen LogP contribution in [0.1, 0.15) is 6.92 Å². The summed E-state index contributed by atoms with van der Waals surface area (Å²) in [5.74, 6) is 0.0295. The van der Waals surface area contributed by atoms with Crippen LogP contribution in [-0.2, 0) is 0 Å². The molecule has 0 spiro atoms. The van der Waals surface area contributed by atoms with E-state index >= 15 is 0 Å². The van der Waals surface area contributed by atoms with Gasteiger partial charge in [0.2, 0.25) is 5.95 Å². The van der Waals surface area contributed by atoms with Crippen molar-refractivity contribution in [3.63, 3.8) is 0 Å². The zero-order valence-electron chi connectivity index (χ0n) is 6.53. The number of aromatic amines is 1. The van der Waals surface area contributed by atoms with Gasteiger partial charge in [0.25, 0.3) is 5.56 Å². The van der Waals surface area contributed by atoms with Gasteiger partial charge in [-0.25, -0.2) is 0 Å². The lowest BCUT2D eigenvalue weighted by Gasteiger charge is -1.97. The number of hydrogen-bond donors (Lipinski definition) is 3. The summed E-state index contributed by atoms with van der Waals surface area (Å²) in [4.78, 5) is 20.7. The number of nitrogen functional groups attached to an aromatic ring is 2. The van der Waals surface area contributed by atoms with Crippen molar-refractivity contribution in [1.29, 1.82) is 0 Å². The van der Waals surface area contributed by atoms with Crippen molar-refractivity contribution in [2.24, 2.45) is 4.99 Å². The highest BCUT2D eigenvalue weighted by atomic mass is 16.1. The fourth-order valence-electron chi connectivity index (χ4n) is 0.756. The molecular formula is C6H9N5O. The Bertz CT molecular complexity index is 367. The molecule has 6 nitrogen and oxygen atoms in total. The van der Waals surface area contributed by atoms with Crippen molar-refractivity contribution < 1.29 is 0 Å². The molecule has 0 aliphatic heterocycles. The molecular weight excluding hydrogens is 158 g/mol. The largest absolute Gasteiger partial charge is 0.382 e. The molecule has 0 radical (unpaired) electrons. The summed E-state index contributed by atoms with van der Waals surface area (Å²) >= 11 is 0. The molecule has 1 aromatic rings. The first kappa shape index (κ1) is 8.25. The standard InChI is InChI=1S/C6H9N5O/c1-2-9-3-4(7)10-6(8)11-5(3)12/h2H,1H3,(H5,7,8,10,11,12)/b9-2-. The number of rotatable bonds is 1. The SMILES string of the molecule is C/C=N\c1c(N)nc(N)[nH]c1=O. The summed E-state index contributed by atoms with van der Waals surface area (Å²) in [6, 6.07) is 0. The minimum atomic E-state index is -0.432. The Morgan fingerprint density at radius 1 is 1.58 bits per heavy atom. The van der Waals surface area contributed by atoms with E-state index in [1.807, 2.05) is 0 Å². The Hall–Kier alpha value is -1.85. The maximum Gasteiger partial charge on any atom is 0.280 e. The molecule has 0 aliphatic rings. The zero-order valence-corrected chi connectivity index (χ0v) is 6.53. The average Bonchev–Trinajstić information content (AvgIpc) is 1.96. The summed E-state index contributed by atoms with van der Waals surface area (Å²) in [6.07, 6.45) is 1.46. The van der Waals surface area contributed by atoms with E-state index in [0.717, 1.165) is 0 Å². The van der Waals surface area contributed by atoms with E-state index in [2.05, 4.69) is 15.0 Å². The summed E-state index contributed by atoms with van der Waals surface area (Å²) in [7, 11) is 0. The molecule has 64 valence electrons. The van der Waals surface area contributed by atoms with Crippen LogP contribution in [0.15, 0.2) is 9.79 Å². The maximum atomic E-state index is 11.1. The van der Waals surface area contributed by atoms with Gasteiger partial charge in [-0.05, 0) is 6.92 Å². The molecule has 1 rings (SSSR count). The molecule has 0 aliphatic carbocycles. The Labute approximate surface area is 68.3 Å². The number of hydrogen-bond acceptors (Lipinski definition) is 5. The van der Waals surface area contributed by atoms with E-state index in [9.17, 15) is 4.79 Å². The normalized spacial score (nSPS) is 10.8. The highest BCUT2D eigenvalue weighted by Gasteiger charge is 2.04. The molecule has 12 heavy (non-hydrogen) atoms. The molecule has 0 atom stereocenters. The average molecular weight is 167 g/mol. The van der Waals surface area contributed by atoms with Gasteiger partial charge in [-0.15, -0.1) is 0 Å². The van der Waals surface area contributed by atoms with Crippen molar-refractivity contribution in [2.45, 2.75) is 6.92 Å². The number of aliphatic imine (C=N–C) groups is 1. The third-order valence-corrected chi connectivity index (χ3v) is 1.20. The fraction of sp³-hybridized carbons (Fsp3) is 0.167. The van der Waals surface area contributed by atoms with Gasteiger partial charge in [0.1, 0.15) is 0 Å². The van der Waals surface area contributed by atoms with E-state index in [0.29, 0.717) is 0 Å². The molecule has 6 heteroatoms. The molecule has 0 unspecified atom stereocenters. The van der Waals surface area contributed by atoms with Crippen LogP contribution in [-0.4, -0.2) is 16.2 Å². The first-order chi connectivity index (χ1) is 5.65. The van der Waals surface area contributed by atoms with E-state index < -0.39 is 5.56 Å². The van der Waals surface area contributed by atoms with Gasteiger partial charge in [0.15, 0.2) is 11.5 Å². The molecule has 0 saturated heterocycles. The third-order valence-electron chi connectivity index (χ3n) is 1.20. The number of anilines is 2. The fourth-order valence-corrected chi connectivity index (χ4v) is 0.756. The number of nitrogens with zero attached hydrogens (tertiary/aromatic N) is 2. The van der Waals surface area contributed by atoms with Crippen LogP contribution in [0.5, 0.6) is 0 Å². The maximum absolute atomic E-state index is 11.1. The van der Waals surface area contributed by atoms with E-state index in [-0.39, 0.29) is 17.5 Å². The van der Waals surface area contributed by atoms with E-state index in [1.165, 1.54) is 6.21 Å². The van der Waals surface area contributed by atoms with Crippen molar-refractivity contribution in [2.75, 3.05) is 11.5 Å². The highest BCUT2D eigenvalue weighted by Crippen LogP contribution is 2.12. The Morgan fingerprint density at radius 2 is 2.25 bits per heavy atom. The Kier molecular flexibility index (Phi) is 2.09. The van der Waals surface area contributed by atoms with E-state index in [1.54, 1.807) is 6.92 Å².